The molecule has 0 aromatic heterocycles. The van der Waals surface area contributed by atoms with Gasteiger partial charge >= 0.3 is 5.97 Å². The van der Waals surface area contributed by atoms with E-state index in [-0.39, 0.29) is 17.0 Å². The maximum atomic E-state index is 11.1. The third-order valence-electron chi connectivity index (χ3n) is 1.80. The molecule has 5 nitrogen and oxygen atoms in total. The zero-order valence-electron chi connectivity index (χ0n) is 7.90. The Labute approximate surface area is 81.0 Å². The Morgan fingerprint density at radius 1 is 1.43 bits per heavy atom. The summed E-state index contributed by atoms with van der Waals surface area (Å²) >= 11 is 0. The summed E-state index contributed by atoms with van der Waals surface area (Å²) in [4.78, 5) is 11.1. The van der Waals surface area contributed by atoms with Crippen LogP contribution in [0, 0.1) is 0 Å². The standard InChI is InChI=1S/C9H11NO4/c1-13-6-4-3-5(9(12)14-2)8(11)7(6)10/h3-4,11H,10H2,1-2H3. The van der Waals surface area contributed by atoms with E-state index in [9.17, 15) is 9.90 Å². The second kappa shape index (κ2) is 3.87. The maximum Gasteiger partial charge on any atom is 0.341 e. The molecule has 0 heterocycles. The van der Waals surface area contributed by atoms with Crippen LogP contribution in [0.1, 0.15) is 10.4 Å². The summed E-state index contributed by atoms with van der Waals surface area (Å²) in [6.07, 6.45) is 0. The van der Waals surface area contributed by atoms with Crippen molar-refractivity contribution in [2.45, 2.75) is 0 Å². The highest BCUT2D eigenvalue weighted by Gasteiger charge is 2.16. The van der Waals surface area contributed by atoms with Crippen LogP contribution in [-0.2, 0) is 4.74 Å². The molecule has 0 saturated heterocycles. The lowest BCUT2D eigenvalue weighted by Crippen LogP contribution is -2.04. The number of rotatable bonds is 2. The Kier molecular flexibility index (Phi) is 2.81. The van der Waals surface area contributed by atoms with E-state index < -0.39 is 5.97 Å². The van der Waals surface area contributed by atoms with Gasteiger partial charge in [0.15, 0.2) is 5.75 Å². The van der Waals surface area contributed by atoms with Gasteiger partial charge in [-0.2, -0.15) is 0 Å². The first-order chi connectivity index (χ1) is 6.61. The summed E-state index contributed by atoms with van der Waals surface area (Å²) in [5, 5.41) is 9.51. The van der Waals surface area contributed by atoms with Gasteiger partial charge in [0.25, 0.3) is 0 Å². The number of benzene rings is 1. The zero-order valence-corrected chi connectivity index (χ0v) is 7.90. The van der Waals surface area contributed by atoms with Crippen LogP contribution >= 0.6 is 0 Å². The van der Waals surface area contributed by atoms with Crippen LogP contribution in [0.5, 0.6) is 11.5 Å². The molecule has 76 valence electrons. The van der Waals surface area contributed by atoms with Crippen molar-refractivity contribution in [2.75, 3.05) is 20.0 Å². The molecular formula is C9H11NO4. The first kappa shape index (κ1) is 10.2. The van der Waals surface area contributed by atoms with Gasteiger partial charge in [0, 0.05) is 0 Å². The summed E-state index contributed by atoms with van der Waals surface area (Å²) in [6, 6.07) is 2.87. The first-order valence-electron chi connectivity index (χ1n) is 3.85. The normalized spacial score (nSPS) is 9.57. The number of hydrogen-bond acceptors (Lipinski definition) is 5. The number of phenols is 1. The number of phenolic OH excluding ortho intramolecular Hbond substituents is 1. The molecule has 0 aliphatic rings. The second-order valence-electron chi connectivity index (χ2n) is 2.57. The van der Waals surface area contributed by atoms with Gasteiger partial charge in [-0.3, -0.25) is 0 Å². The van der Waals surface area contributed by atoms with Gasteiger partial charge in [0.05, 0.1) is 14.2 Å². The fourth-order valence-electron chi connectivity index (χ4n) is 1.04. The molecule has 0 aliphatic carbocycles. The summed E-state index contributed by atoms with van der Waals surface area (Å²) < 4.78 is 9.31. The van der Waals surface area contributed by atoms with E-state index in [0.717, 1.165) is 0 Å². The summed E-state index contributed by atoms with van der Waals surface area (Å²) in [7, 11) is 2.64. The third-order valence-corrected chi connectivity index (χ3v) is 1.80. The van der Waals surface area contributed by atoms with Gasteiger partial charge in [0.1, 0.15) is 17.0 Å². The molecule has 5 heteroatoms. The molecule has 1 aromatic carbocycles. The largest absolute Gasteiger partial charge is 0.505 e. The molecule has 0 unspecified atom stereocenters. The predicted molar refractivity (Wildman–Crippen MR) is 50.4 cm³/mol. The number of esters is 1. The number of aromatic hydroxyl groups is 1. The molecule has 0 bridgehead atoms. The number of methoxy groups -OCH3 is 2. The molecule has 0 aliphatic heterocycles. The minimum atomic E-state index is -0.642. The molecule has 0 amide bonds. The molecule has 0 saturated carbocycles. The molecule has 1 rings (SSSR count). The van der Waals surface area contributed by atoms with Crippen molar-refractivity contribution in [3.05, 3.63) is 17.7 Å². The lowest BCUT2D eigenvalue weighted by molar-refractivity contribution is 0.0597. The second-order valence-corrected chi connectivity index (χ2v) is 2.57. The molecule has 0 atom stereocenters. The van der Waals surface area contributed by atoms with Crippen LogP contribution in [0.15, 0.2) is 12.1 Å². The highest BCUT2D eigenvalue weighted by molar-refractivity contribution is 5.95. The molecule has 0 fully saturated rings. The first-order valence-corrected chi connectivity index (χ1v) is 3.85. The van der Waals surface area contributed by atoms with E-state index in [4.69, 9.17) is 10.5 Å². The van der Waals surface area contributed by atoms with Crippen molar-refractivity contribution in [3.8, 4) is 11.5 Å². The zero-order chi connectivity index (χ0) is 10.7. The van der Waals surface area contributed by atoms with Crippen molar-refractivity contribution in [3.63, 3.8) is 0 Å². The highest BCUT2D eigenvalue weighted by atomic mass is 16.5. The fraction of sp³-hybridized carbons (Fsp3) is 0.222. The maximum absolute atomic E-state index is 11.1. The van der Waals surface area contributed by atoms with Gasteiger partial charge < -0.3 is 20.3 Å². The molecule has 3 N–H and O–H groups in total. The van der Waals surface area contributed by atoms with Crippen LogP contribution < -0.4 is 10.5 Å². The Morgan fingerprint density at radius 2 is 2.07 bits per heavy atom. The Hall–Kier alpha value is -1.91. The number of carbonyl (C=O) groups excluding carboxylic acids is 1. The van der Waals surface area contributed by atoms with E-state index in [1.54, 1.807) is 0 Å². The van der Waals surface area contributed by atoms with Crippen LogP contribution in [0.4, 0.5) is 5.69 Å². The smallest absolute Gasteiger partial charge is 0.341 e. The van der Waals surface area contributed by atoms with Crippen molar-refractivity contribution in [2.24, 2.45) is 0 Å². The van der Waals surface area contributed by atoms with Crippen LogP contribution in [0.3, 0.4) is 0 Å². The average molecular weight is 197 g/mol. The lowest BCUT2D eigenvalue weighted by Gasteiger charge is -2.08. The van der Waals surface area contributed by atoms with Gasteiger partial charge in [0.2, 0.25) is 0 Å². The van der Waals surface area contributed by atoms with E-state index in [1.807, 2.05) is 0 Å². The predicted octanol–water partition coefficient (Wildman–Crippen LogP) is 0.770. The van der Waals surface area contributed by atoms with Crippen LogP contribution in [-0.4, -0.2) is 25.3 Å². The van der Waals surface area contributed by atoms with Crippen molar-refractivity contribution in [1.29, 1.82) is 0 Å². The SMILES string of the molecule is COC(=O)c1ccc(OC)c(N)c1O. The van der Waals surface area contributed by atoms with E-state index in [1.165, 1.54) is 26.4 Å². The number of carbonyl (C=O) groups is 1. The number of ether oxygens (including phenoxy) is 2. The van der Waals surface area contributed by atoms with E-state index in [0.29, 0.717) is 5.75 Å². The Balaban J connectivity index is 3.24. The quantitative estimate of drug-likeness (QED) is 0.415. The van der Waals surface area contributed by atoms with Gasteiger partial charge in [-0.05, 0) is 12.1 Å². The van der Waals surface area contributed by atoms with Crippen molar-refractivity contribution in [1.82, 2.24) is 0 Å². The highest BCUT2D eigenvalue weighted by Crippen LogP contribution is 2.33. The summed E-state index contributed by atoms with van der Waals surface area (Å²) in [6.45, 7) is 0. The molecule has 14 heavy (non-hydrogen) atoms. The van der Waals surface area contributed by atoms with Gasteiger partial charge in [-0.25, -0.2) is 4.79 Å². The Bertz CT molecular complexity index is 362. The molecule has 1 aromatic rings. The van der Waals surface area contributed by atoms with Gasteiger partial charge in [-0.1, -0.05) is 0 Å². The van der Waals surface area contributed by atoms with Gasteiger partial charge in [-0.15, -0.1) is 0 Å². The van der Waals surface area contributed by atoms with E-state index >= 15 is 0 Å². The lowest BCUT2D eigenvalue weighted by atomic mass is 10.1. The summed E-state index contributed by atoms with van der Waals surface area (Å²) in [5.74, 6) is -0.650. The van der Waals surface area contributed by atoms with E-state index in [2.05, 4.69) is 4.74 Å². The van der Waals surface area contributed by atoms with Crippen LogP contribution in [0.2, 0.25) is 0 Å². The molecule has 0 radical (unpaired) electrons. The molecule has 0 spiro atoms. The van der Waals surface area contributed by atoms with Crippen molar-refractivity contribution >= 4 is 11.7 Å². The Morgan fingerprint density at radius 3 is 2.57 bits per heavy atom. The number of nitrogen functional groups attached to an aromatic ring is 1. The summed E-state index contributed by atoms with van der Waals surface area (Å²) in [5.41, 5.74) is 5.55. The average Bonchev–Trinajstić information content (AvgIpc) is 2.21. The topological polar surface area (TPSA) is 81.8 Å². The minimum Gasteiger partial charge on any atom is -0.505 e. The molecular weight excluding hydrogens is 186 g/mol. The monoisotopic (exact) mass is 197 g/mol. The number of nitrogens with two attached hydrogens (primary N) is 1. The fourth-order valence-corrected chi connectivity index (χ4v) is 1.04. The third kappa shape index (κ3) is 1.56. The van der Waals surface area contributed by atoms with Crippen molar-refractivity contribution < 1.29 is 19.4 Å². The number of hydrogen-bond donors (Lipinski definition) is 2. The van der Waals surface area contributed by atoms with Crippen LogP contribution in [0.25, 0.3) is 0 Å². The number of anilines is 1. The minimum absolute atomic E-state index is 0.0193.